The van der Waals surface area contributed by atoms with Gasteiger partial charge in [-0.3, -0.25) is 0 Å². The summed E-state index contributed by atoms with van der Waals surface area (Å²) in [5, 5.41) is 24.1. The molecule has 0 aliphatic heterocycles. The average Bonchev–Trinajstić information content (AvgIpc) is 2.38. The highest BCUT2D eigenvalue weighted by atomic mass is 16.4. The first-order valence-corrected chi connectivity index (χ1v) is 5.99. The summed E-state index contributed by atoms with van der Waals surface area (Å²) in [6.45, 7) is 4.86. The molecule has 0 radical (unpaired) electrons. The van der Waals surface area contributed by atoms with Crippen LogP contribution in [-0.4, -0.2) is 28.8 Å². The number of hydrogen-bond acceptors (Lipinski definition) is 4. The largest absolute Gasteiger partial charge is 0.409 e. The van der Waals surface area contributed by atoms with E-state index in [9.17, 15) is 5.11 Å². The Kier molecular flexibility index (Phi) is 5.61. The highest BCUT2D eigenvalue weighted by molar-refractivity contribution is 5.97. The molecule has 0 aliphatic rings. The van der Waals surface area contributed by atoms with E-state index in [0.717, 1.165) is 5.56 Å². The fourth-order valence-corrected chi connectivity index (χ4v) is 1.66. The second-order valence-corrected chi connectivity index (χ2v) is 4.60. The van der Waals surface area contributed by atoms with Crippen LogP contribution in [0.25, 0.3) is 0 Å². The second-order valence-electron chi connectivity index (χ2n) is 4.60. The number of nitrogens with two attached hydrogens (primary N) is 1. The maximum Gasteiger partial charge on any atom is 0.170 e. The van der Waals surface area contributed by atoms with Crippen LogP contribution in [0.4, 0.5) is 0 Å². The van der Waals surface area contributed by atoms with Crippen LogP contribution >= 0.6 is 0 Å². The fourth-order valence-electron chi connectivity index (χ4n) is 1.66. The smallest absolute Gasteiger partial charge is 0.170 e. The van der Waals surface area contributed by atoms with E-state index in [1.54, 1.807) is 6.07 Å². The molecule has 5 heteroatoms. The van der Waals surface area contributed by atoms with Gasteiger partial charge in [0.2, 0.25) is 0 Å². The van der Waals surface area contributed by atoms with Crippen molar-refractivity contribution in [1.29, 1.82) is 0 Å². The Balaban J connectivity index is 2.68. The lowest BCUT2D eigenvalue weighted by molar-refractivity contribution is 0.210. The Morgan fingerprint density at radius 2 is 2.17 bits per heavy atom. The van der Waals surface area contributed by atoms with E-state index in [0.29, 0.717) is 18.0 Å². The highest BCUT2D eigenvalue weighted by Crippen LogP contribution is 2.07. The van der Waals surface area contributed by atoms with Gasteiger partial charge < -0.3 is 21.4 Å². The third-order valence-electron chi connectivity index (χ3n) is 2.90. The van der Waals surface area contributed by atoms with Crippen molar-refractivity contribution in [3.8, 4) is 0 Å². The molecule has 1 atom stereocenters. The number of hydrogen-bond donors (Lipinski definition) is 4. The van der Waals surface area contributed by atoms with E-state index >= 15 is 0 Å². The molecule has 0 saturated heterocycles. The van der Waals surface area contributed by atoms with Gasteiger partial charge >= 0.3 is 0 Å². The summed E-state index contributed by atoms with van der Waals surface area (Å²) in [5.41, 5.74) is 7.24. The van der Waals surface area contributed by atoms with Crippen molar-refractivity contribution in [3.05, 3.63) is 35.4 Å². The molecule has 5 N–H and O–H groups in total. The van der Waals surface area contributed by atoms with Gasteiger partial charge in [0.05, 0.1) is 6.61 Å². The van der Waals surface area contributed by atoms with Crippen molar-refractivity contribution in [3.63, 3.8) is 0 Å². The molecule has 0 aromatic heterocycles. The van der Waals surface area contributed by atoms with Crippen molar-refractivity contribution < 1.29 is 10.3 Å². The molecule has 0 unspecified atom stereocenters. The molecule has 0 heterocycles. The van der Waals surface area contributed by atoms with Gasteiger partial charge in [0, 0.05) is 18.2 Å². The number of nitrogens with one attached hydrogen (secondary N) is 1. The van der Waals surface area contributed by atoms with E-state index < -0.39 is 0 Å². The molecule has 0 saturated carbocycles. The number of aliphatic hydroxyl groups excluding tert-OH is 1. The van der Waals surface area contributed by atoms with Crippen LogP contribution in [0, 0.1) is 5.92 Å². The van der Waals surface area contributed by atoms with Gasteiger partial charge in [0.25, 0.3) is 0 Å². The Morgan fingerprint density at radius 1 is 1.44 bits per heavy atom. The molecule has 0 fully saturated rings. The first-order valence-electron chi connectivity index (χ1n) is 5.99. The minimum Gasteiger partial charge on any atom is -0.409 e. The molecule has 0 amide bonds. The summed E-state index contributed by atoms with van der Waals surface area (Å²) in [7, 11) is 0. The van der Waals surface area contributed by atoms with E-state index in [2.05, 4.69) is 24.3 Å². The van der Waals surface area contributed by atoms with E-state index in [-0.39, 0.29) is 18.5 Å². The topological polar surface area (TPSA) is 90.9 Å². The Morgan fingerprint density at radius 3 is 2.72 bits per heavy atom. The van der Waals surface area contributed by atoms with Crippen molar-refractivity contribution in [2.75, 3.05) is 6.61 Å². The number of aliphatic hydroxyl groups is 1. The van der Waals surface area contributed by atoms with Gasteiger partial charge in [-0.1, -0.05) is 37.2 Å². The first-order chi connectivity index (χ1) is 8.58. The molecular weight excluding hydrogens is 230 g/mol. The predicted molar refractivity (Wildman–Crippen MR) is 71.5 cm³/mol. The van der Waals surface area contributed by atoms with Crippen LogP contribution in [0.3, 0.4) is 0 Å². The molecule has 0 spiro atoms. The van der Waals surface area contributed by atoms with Crippen LogP contribution in [0.15, 0.2) is 29.4 Å². The molecule has 5 nitrogen and oxygen atoms in total. The van der Waals surface area contributed by atoms with Crippen LogP contribution in [0.1, 0.15) is 25.0 Å². The van der Waals surface area contributed by atoms with Crippen LogP contribution in [-0.2, 0) is 6.54 Å². The Bertz CT molecular complexity index is 405. The summed E-state index contributed by atoms with van der Waals surface area (Å²) >= 11 is 0. The summed E-state index contributed by atoms with van der Waals surface area (Å²) < 4.78 is 0. The standard InChI is InChI=1S/C13H21N3O2/c1-9(2)12(8-17)15-7-10-4-3-5-11(6-10)13(14)16-18/h3-6,9,12,15,17-18H,7-8H2,1-2H3,(H2,14,16)/t12-/m1/s1. The molecule has 0 aliphatic carbocycles. The quantitative estimate of drug-likeness (QED) is 0.261. The molecule has 18 heavy (non-hydrogen) atoms. The van der Waals surface area contributed by atoms with Crippen LogP contribution in [0.2, 0.25) is 0 Å². The highest BCUT2D eigenvalue weighted by Gasteiger charge is 2.11. The number of rotatable bonds is 6. The van der Waals surface area contributed by atoms with Crippen molar-refractivity contribution in [2.45, 2.75) is 26.4 Å². The van der Waals surface area contributed by atoms with Gasteiger partial charge in [-0.25, -0.2) is 0 Å². The molecule has 100 valence electrons. The average molecular weight is 251 g/mol. The summed E-state index contributed by atoms with van der Waals surface area (Å²) in [4.78, 5) is 0. The van der Waals surface area contributed by atoms with Gasteiger partial charge in [-0.05, 0) is 17.5 Å². The van der Waals surface area contributed by atoms with Gasteiger partial charge in [-0.2, -0.15) is 0 Å². The van der Waals surface area contributed by atoms with Gasteiger partial charge in [-0.15, -0.1) is 0 Å². The third-order valence-corrected chi connectivity index (χ3v) is 2.90. The summed E-state index contributed by atoms with van der Waals surface area (Å²) in [6, 6.07) is 7.52. The van der Waals surface area contributed by atoms with E-state index in [4.69, 9.17) is 10.9 Å². The maximum atomic E-state index is 9.22. The Labute approximate surface area is 107 Å². The van der Waals surface area contributed by atoms with E-state index in [1.807, 2.05) is 18.2 Å². The Hall–Kier alpha value is -1.59. The van der Waals surface area contributed by atoms with Gasteiger partial charge in [0.15, 0.2) is 5.84 Å². The molecule has 0 bridgehead atoms. The lowest BCUT2D eigenvalue weighted by atomic mass is 10.0. The fraction of sp³-hybridized carbons (Fsp3) is 0.462. The van der Waals surface area contributed by atoms with Crippen LogP contribution in [0.5, 0.6) is 0 Å². The van der Waals surface area contributed by atoms with Crippen LogP contribution < -0.4 is 11.1 Å². The zero-order chi connectivity index (χ0) is 13.5. The number of benzene rings is 1. The second kappa shape index (κ2) is 6.98. The molecule has 1 rings (SSSR count). The minimum absolute atomic E-state index is 0.0671. The van der Waals surface area contributed by atoms with Crippen molar-refractivity contribution in [1.82, 2.24) is 5.32 Å². The predicted octanol–water partition coefficient (Wildman–Crippen LogP) is 0.888. The minimum atomic E-state index is 0.0671. The summed E-state index contributed by atoms with van der Waals surface area (Å²) in [6.07, 6.45) is 0. The number of amidine groups is 1. The molecule has 1 aromatic rings. The lowest BCUT2D eigenvalue weighted by Crippen LogP contribution is -2.36. The van der Waals surface area contributed by atoms with E-state index in [1.165, 1.54) is 0 Å². The van der Waals surface area contributed by atoms with Crippen molar-refractivity contribution >= 4 is 5.84 Å². The maximum absolute atomic E-state index is 9.22. The first kappa shape index (κ1) is 14.5. The zero-order valence-electron chi connectivity index (χ0n) is 10.8. The lowest BCUT2D eigenvalue weighted by Gasteiger charge is -2.20. The molecule has 1 aromatic carbocycles. The number of nitrogens with zero attached hydrogens (tertiary/aromatic N) is 1. The SMILES string of the molecule is CC(C)[C@@H](CO)NCc1cccc(C(N)=NO)c1. The normalized spacial score (nSPS) is 13.9. The monoisotopic (exact) mass is 251 g/mol. The van der Waals surface area contributed by atoms with Gasteiger partial charge in [0.1, 0.15) is 0 Å². The summed E-state index contributed by atoms with van der Waals surface area (Å²) in [5.74, 6) is 0.460. The number of oxime groups is 1. The molecular formula is C13H21N3O2. The zero-order valence-corrected chi connectivity index (χ0v) is 10.8. The third kappa shape index (κ3) is 4.01. The van der Waals surface area contributed by atoms with Crippen molar-refractivity contribution in [2.24, 2.45) is 16.8 Å².